The maximum atomic E-state index is 11.9. The van der Waals surface area contributed by atoms with Gasteiger partial charge in [0.2, 0.25) is 0 Å². The number of aryl methyl sites for hydroxylation is 2. The van der Waals surface area contributed by atoms with E-state index < -0.39 is 16.1 Å². The first-order chi connectivity index (χ1) is 23.1. The van der Waals surface area contributed by atoms with Crippen molar-refractivity contribution in [1.82, 2.24) is 4.98 Å². The van der Waals surface area contributed by atoms with Gasteiger partial charge in [-0.3, -0.25) is 0 Å². The number of phenols is 2. The molecule has 6 heteroatoms. The zero-order chi connectivity index (χ0) is 34.6. The summed E-state index contributed by atoms with van der Waals surface area (Å²) >= 11 is 0. The van der Waals surface area contributed by atoms with Gasteiger partial charge in [-0.2, -0.15) is 0 Å². The monoisotopic (exact) mass is 761 g/mol. The van der Waals surface area contributed by atoms with Gasteiger partial charge < -0.3 is 10.2 Å². The summed E-state index contributed by atoms with van der Waals surface area (Å²) < 4.78 is 0. The Labute approximate surface area is 316 Å². The number of rotatable bonds is 12. The van der Waals surface area contributed by atoms with Crippen molar-refractivity contribution in [3.63, 3.8) is 0 Å². The molecule has 5 rings (SSSR count). The van der Waals surface area contributed by atoms with Crippen molar-refractivity contribution in [2.75, 3.05) is 0 Å². The number of hydrogen-bond donors (Lipinski definition) is 2. The molecule has 0 unspecified atom stereocenters. The predicted molar refractivity (Wildman–Crippen MR) is 212 cm³/mol. The minimum absolute atomic E-state index is 0. The minimum atomic E-state index is -1.84. The third-order valence-corrected chi connectivity index (χ3v) is 22.6. The minimum Gasteiger partial charge on any atom is -0.507 e. The molecular weight excluding hydrogens is 710 g/mol. The summed E-state index contributed by atoms with van der Waals surface area (Å²) in [5.74, 6) is 0.867. The van der Waals surface area contributed by atoms with Gasteiger partial charge in [0.15, 0.2) is 0 Å². The topological polar surface area (TPSA) is 53.4 Å². The van der Waals surface area contributed by atoms with Crippen molar-refractivity contribution in [2.45, 2.75) is 91.7 Å². The SMILES string of the molecule is CC[Si](CC)(CC)c1cc(C)cc(-c2ccccc2-c2cccc(-c3ccccc3-c3cc(C)cc([Si](CC)(CC)CC)c3O)n2)c1O.[Zr]. The van der Waals surface area contributed by atoms with Crippen LogP contribution in [-0.4, -0.2) is 31.3 Å². The zero-order valence-electron chi connectivity index (χ0n) is 30.7. The third-order valence-electron chi connectivity index (χ3n) is 11.4. The Balaban J connectivity index is 0.00000541. The van der Waals surface area contributed by atoms with Crippen LogP contribution >= 0.6 is 0 Å². The fraction of sp³-hybridized carbons (Fsp3) is 0.326. The molecule has 0 saturated carbocycles. The molecule has 0 atom stereocenters. The average Bonchev–Trinajstić information content (AvgIpc) is 3.12. The number of hydrogen-bond acceptors (Lipinski definition) is 3. The van der Waals surface area contributed by atoms with Crippen LogP contribution in [0.15, 0.2) is 91.0 Å². The average molecular weight is 763 g/mol. The van der Waals surface area contributed by atoms with Crippen LogP contribution in [0.5, 0.6) is 11.5 Å². The normalized spacial score (nSPS) is 11.8. The van der Waals surface area contributed by atoms with Crippen LogP contribution < -0.4 is 10.4 Å². The molecule has 4 aromatic carbocycles. The number of aromatic nitrogens is 1. The van der Waals surface area contributed by atoms with Crippen LogP contribution in [0.25, 0.3) is 44.8 Å². The smallest absolute Gasteiger partial charge is 0.122 e. The fourth-order valence-corrected chi connectivity index (χ4v) is 15.7. The summed E-state index contributed by atoms with van der Waals surface area (Å²) in [4.78, 5) is 5.28. The van der Waals surface area contributed by atoms with Gasteiger partial charge in [0.25, 0.3) is 0 Å². The third kappa shape index (κ3) is 7.25. The van der Waals surface area contributed by atoms with E-state index in [1.54, 1.807) is 0 Å². The summed E-state index contributed by atoms with van der Waals surface area (Å²) in [5, 5.41) is 26.2. The molecule has 0 saturated heterocycles. The van der Waals surface area contributed by atoms with E-state index >= 15 is 0 Å². The fourth-order valence-electron chi connectivity index (χ4n) is 8.04. The van der Waals surface area contributed by atoms with Crippen LogP contribution in [0.1, 0.15) is 52.7 Å². The molecule has 49 heavy (non-hydrogen) atoms. The molecule has 3 nitrogen and oxygen atoms in total. The first-order valence-electron chi connectivity index (χ1n) is 18.0. The van der Waals surface area contributed by atoms with E-state index in [0.717, 1.165) is 81.0 Å². The Kier molecular flexibility index (Phi) is 12.9. The molecule has 0 spiro atoms. The van der Waals surface area contributed by atoms with E-state index in [1.165, 1.54) is 21.5 Å². The Morgan fingerprint density at radius 3 is 1.10 bits per heavy atom. The summed E-state index contributed by atoms with van der Waals surface area (Å²) in [7, 11) is -3.68. The van der Waals surface area contributed by atoms with E-state index in [4.69, 9.17) is 4.98 Å². The molecule has 0 fully saturated rings. The Morgan fingerprint density at radius 2 is 0.776 bits per heavy atom. The second-order valence-corrected chi connectivity index (χ2v) is 24.0. The van der Waals surface area contributed by atoms with Gasteiger partial charge in [-0.15, -0.1) is 0 Å². The van der Waals surface area contributed by atoms with Crippen molar-refractivity contribution < 1.29 is 36.4 Å². The van der Waals surface area contributed by atoms with Gasteiger partial charge in [-0.25, -0.2) is 4.98 Å². The van der Waals surface area contributed by atoms with Crippen LogP contribution in [-0.2, 0) is 26.2 Å². The van der Waals surface area contributed by atoms with Crippen LogP contribution in [0.3, 0.4) is 0 Å². The number of benzene rings is 4. The van der Waals surface area contributed by atoms with E-state index in [2.05, 4.69) is 134 Å². The molecule has 0 aliphatic carbocycles. The van der Waals surface area contributed by atoms with E-state index in [1.807, 2.05) is 12.1 Å². The maximum absolute atomic E-state index is 11.9. The maximum Gasteiger partial charge on any atom is 0.122 e. The second-order valence-electron chi connectivity index (χ2n) is 13.6. The van der Waals surface area contributed by atoms with Gasteiger partial charge in [0.05, 0.1) is 27.5 Å². The Bertz CT molecular complexity index is 1760. The molecule has 0 radical (unpaired) electrons. The molecule has 1 heterocycles. The quantitative estimate of drug-likeness (QED) is 0.124. The molecule has 1 aromatic heterocycles. The van der Waals surface area contributed by atoms with E-state index in [9.17, 15) is 10.2 Å². The predicted octanol–water partition coefficient (Wildman–Crippen LogP) is 11.2. The van der Waals surface area contributed by atoms with Gasteiger partial charge >= 0.3 is 0 Å². The number of aromatic hydroxyl groups is 2. The van der Waals surface area contributed by atoms with Crippen molar-refractivity contribution in [1.29, 1.82) is 0 Å². The first kappa shape index (κ1) is 38.7. The summed E-state index contributed by atoms with van der Waals surface area (Å²) in [5.41, 5.74) is 9.79. The van der Waals surface area contributed by atoms with Crippen molar-refractivity contribution in [2.24, 2.45) is 0 Å². The summed E-state index contributed by atoms with van der Waals surface area (Å²) in [6.45, 7) is 18.0. The van der Waals surface area contributed by atoms with Crippen LogP contribution in [0, 0.1) is 13.8 Å². The first-order valence-corrected chi connectivity index (χ1v) is 23.2. The molecule has 0 amide bonds. The van der Waals surface area contributed by atoms with Crippen molar-refractivity contribution >= 4 is 26.5 Å². The summed E-state index contributed by atoms with van der Waals surface area (Å²) in [6.07, 6.45) is 0. The molecule has 5 aromatic rings. The zero-order valence-corrected chi connectivity index (χ0v) is 35.2. The number of nitrogens with zero attached hydrogens (tertiary/aromatic N) is 1. The van der Waals surface area contributed by atoms with Crippen molar-refractivity contribution in [3.05, 3.63) is 102 Å². The van der Waals surface area contributed by atoms with Gasteiger partial charge in [0, 0.05) is 48.5 Å². The summed E-state index contributed by atoms with van der Waals surface area (Å²) in [6, 6.07) is 38.2. The number of pyridine rings is 1. The molecule has 2 N–H and O–H groups in total. The van der Waals surface area contributed by atoms with Crippen LogP contribution in [0.4, 0.5) is 0 Å². The van der Waals surface area contributed by atoms with Gasteiger partial charge in [0.1, 0.15) is 11.5 Å². The standard InChI is InChI=1S/C43H53NO2Si2.Zr/c1-9-47(10-2,11-3)40-28-30(7)26-36(42(40)45)32-20-15-17-22-34(32)38-24-19-25-39(44-38)35-23-18-16-21-33(35)37-27-31(8)29-41(43(37)46)48(12-4,13-5)14-6;/h15-29,45-46H,9-14H2,1-8H3;. The van der Waals surface area contributed by atoms with E-state index in [0.29, 0.717) is 11.5 Å². The van der Waals surface area contributed by atoms with E-state index in [-0.39, 0.29) is 26.2 Å². The van der Waals surface area contributed by atoms with Crippen LogP contribution in [0.2, 0.25) is 36.3 Å². The van der Waals surface area contributed by atoms with Gasteiger partial charge in [-0.05, 0) is 59.6 Å². The molecule has 254 valence electrons. The second kappa shape index (κ2) is 16.3. The molecule has 0 aliphatic rings. The molecule has 0 bridgehead atoms. The Morgan fingerprint density at radius 1 is 0.449 bits per heavy atom. The van der Waals surface area contributed by atoms with Crippen molar-refractivity contribution in [3.8, 4) is 56.3 Å². The van der Waals surface area contributed by atoms with Gasteiger partial charge in [-0.1, -0.05) is 156 Å². The molecular formula is C43H53NO2Si2Zr. The number of phenolic OH excluding ortho intramolecular Hbond substituents is 2. The largest absolute Gasteiger partial charge is 0.507 e. The Hall–Kier alpha value is -3.05. The molecule has 0 aliphatic heterocycles.